The first-order valence-corrected chi connectivity index (χ1v) is 7.09. The van der Waals surface area contributed by atoms with E-state index < -0.39 is 6.04 Å². The van der Waals surface area contributed by atoms with Gasteiger partial charge in [0.1, 0.15) is 6.04 Å². The number of rotatable bonds is 4. The van der Waals surface area contributed by atoms with Gasteiger partial charge < -0.3 is 11.1 Å². The maximum atomic E-state index is 11.9. The molecule has 1 heterocycles. The number of carbonyl (C=O) groups is 1. The van der Waals surface area contributed by atoms with E-state index in [2.05, 4.69) is 5.32 Å². The van der Waals surface area contributed by atoms with Crippen LogP contribution in [-0.4, -0.2) is 24.0 Å². The van der Waals surface area contributed by atoms with Crippen LogP contribution in [0.3, 0.4) is 0 Å². The summed E-state index contributed by atoms with van der Waals surface area (Å²) in [5.41, 5.74) is 6.77. The summed E-state index contributed by atoms with van der Waals surface area (Å²) in [5.74, 6) is 2.91. The summed E-state index contributed by atoms with van der Waals surface area (Å²) in [6, 6.07) is 8.94. The van der Waals surface area contributed by atoms with E-state index in [4.69, 9.17) is 5.73 Å². The SMILES string of the molecule is NC(C(=O)NCC1CCSC1)c1ccccc1. The molecule has 1 aromatic rings. The van der Waals surface area contributed by atoms with Crippen molar-refractivity contribution < 1.29 is 4.79 Å². The molecule has 0 aromatic heterocycles. The first-order chi connectivity index (χ1) is 8.27. The maximum absolute atomic E-state index is 11.9. The van der Waals surface area contributed by atoms with Gasteiger partial charge in [-0.15, -0.1) is 0 Å². The Morgan fingerprint density at radius 1 is 1.47 bits per heavy atom. The summed E-state index contributed by atoms with van der Waals surface area (Å²) < 4.78 is 0. The summed E-state index contributed by atoms with van der Waals surface area (Å²) in [4.78, 5) is 11.9. The topological polar surface area (TPSA) is 55.1 Å². The van der Waals surface area contributed by atoms with Crippen LogP contribution in [0.2, 0.25) is 0 Å². The van der Waals surface area contributed by atoms with Crippen LogP contribution in [0, 0.1) is 5.92 Å². The molecule has 0 saturated carbocycles. The van der Waals surface area contributed by atoms with Crippen LogP contribution in [0.15, 0.2) is 30.3 Å². The Bertz CT molecular complexity index is 363. The monoisotopic (exact) mass is 250 g/mol. The Morgan fingerprint density at radius 3 is 2.88 bits per heavy atom. The lowest BCUT2D eigenvalue weighted by atomic mass is 10.1. The summed E-state index contributed by atoms with van der Waals surface area (Å²) in [7, 11) is 0. The van der Waals surface area contributed by atoms with Crippen LogP contribution in [-0.2, 0) is 4.79 Å². The Morgan fingerprint density at radius 2 is 2.24 bits per heavy atom. The van der Waals surface area contributed by atoms with Gasteiger partial charge in [-0.05, 0) is 29.4 Å². The first-order valence-electron chi connectivity index (χ1n) is 5.93. The fraction of sp³-hybridized carbons (Fsp3) is 0.462. The van der Waals surface area contributed by atoms with Gasteiger partial charge in [-0.3, -0.25) is 4.79 Å². The molecule has 2 unspecified atom stereocenters. The predicted molar refractivity (Wildman–Crippen MR) is 71.8 cm³/mol. The number of carbonyl (C=O) groups excluding carboxylic acids is 1. The molecule has 1 saturated heterocycles. The highest BCUT2D eigenvalue weighted by Crippen LogP contribution is 2.22. The molecule has 2 rings (SSSR count). The minimum atomic E-state index is -0.551. The molecule has 0 radical (unpaired) electrons. The molecule has 1 aliphatic heterocycles. The van der Waals surface area contributed by atoms with E-state index in [0.29, 0.717) is 5.92 Å². The van der Waals surface area contributed by atoms with Crippen LogP contribution in [0.4, 0.5) is 0 Å². The van der Waals surface area contributed by atoms with Gasteiger partial charge in [-0.25, -0.2) is 0 Å². The van der Waals surface area contributed by atoms with E-state index >= 15 is 0 Å². The highest BCUT2D eigenvalue weighted by atomic mass is 32.2. The van der Waals surface area contributed by atoms with Gasteiger partial charge in [0.25, 0.3) is 0 Å². The largest absolute Gasteiger partial charge is 0.354 e. The minimum absolute atomic E-state index is 0.0758. The zero-order valence-corrected chi connectivity index (χ0v) is 10.6. The normalized spacial score (nSPS) is 21.1. The molecular formula is C13H18N2OS. The van der Waals surface area contributed by atoms with Crippen LogP contribution in [0.1, 0.15) is 18.0 Å². The molecule has 2 atom stereocenters. The van der Waals surface area contributed by atoms with E-state index in [9.17, 15) is 4.79 Å². The molecule has 0 bridgehead atoms. The van der Waals surface area contributed by atoms with Crippen molar-refractivity contribution in [3.8, 4) is 0 Å². The summed E-state index contributed by atoms with van der Waals surface area (Å²) in [6.45, 7) is 0.756. The lowest BCUT2D eigenvalue weighted by Gasteiger charge is -2.14. The zero-order valence-electron chi connectivity index (χ0n) is 9.76. The Hall–Kier alpha value is -1.00. The maximum Gasteiger partial charge on any atom is 0.241 e. The van der Waals surface area contributed by atoms with Crippen molar-refractivity contribution in [2.24, 2.45) is 11.7 Å². The van der Waals surface area contributed by atoms with E-state index in [0.717, 1.165) is 17.9 Å². The van der Waals surface area contributed by atoms with Gasteiger partial charge in [-0.2, -0.15) is 11.8 Å². The molecule has 1 aliphatic rings. The third-order valence-corrected chi connectivity index (χ3v) is 4.26. The highest BCUT2D eigenvalue weighted by molar-refractivity contribution is 7.99. The molecule has 1 aromatic carbocycles. The van der Waals surface area contributed by atoms with Gasteiger partial charge >= 0.3 is 0 Å². The average molecular weight is 250 g/mol. The van der Waals surface area contributed by atoms with Crippen molar-refractivity contribution in [3.05, 3.63) is 35.9 Å². The molecule has 1 fully saturated rings. The van der Waals surface area contributed by atoms with Crippen LogP contribution in [0.25, 0.3) is 0 Å². The quantitative estimate of drug-likeness (QED) is 0.852. The van der Waals surface area contributed by atoms with Crippen molar-refractivity contribution in [1.82, 2.24) is 5.32 Å². The second kappa shape index (κ2) is 6.07. The number of nitrogens with one attached hydrogen (secondary N) is 1. The summed E-state index contributed by atoms with van der Waals surface area (Å²) >= 11 is 1.96. The van der Waals surface area contributed by atoms with Crippen molar-refractivity contribution in [1.29, 1.82) is 0 Å². The number of thioether (sulfide) groups is 1. The van der Waals surface area contributed by atoms with Gasteiger partial charge in [0.15, 0.2) is 0 Å². The standard InChI is InChI=1S/C13H18N2OS/c14-12(11-4-2-1-3-5-11)13(16)15-8-10-6-7-17-9-10/h1-5,10,12H,6-9,14H2,(H,15,16). The second-order valence-electron chi connectivity index (χ2n) is 4.36. The van der Waals surface area contributed by atoms with Crippen molar-refractivity contribution in [2.75, 3.05) is 18.1 Å². The molecule has 0 spiro atoms. The number of hydrogen-bond acceptors (Lipinski definition) is 3. The van der Waals surface area contributed by atoms with E-state index in [1.54, 1.807) is 0 Å². The third kappa shape index (κ3) is 3.48. The number of hydrogen-bond donors (Lipinski definition) is 2. The van der Waals surface area contributed by atoms with Gasteiger partial charge in [0, 0.05) is 6.54 Å². The smallest absolute Gasteiger partial charge is 0.241 e. The first kappa shape index (κ1) is 12.5. The van der Waals surface area contributed by atoms with Crippen LogP contribution < -0.4 is 11.1 Å². The minimum Gasteiger partial charge on any atom is -0.354 e. The third-order valence-electron chi connectivity index (χ3n) is 3.03. The van der Waals surface area contributed by atoms with Gasteiger partial charge in [-0.1, -0.05) is 30.3 Å². The lowest BCUT2D eigenvalue weighted by molar-refractivity contribution is -0.122. The van der Waals surface area contributed by atoms with Crippen LogP contribution >= 0.6 is 11.8 Å². The Labute approximate surface area is 106 Å². The average Bonchev–Trinajstić information content (AvgIpc) is 2.89. The fourth-order valence-electron chi connectivity index (χ4n) is 1.91. The molecule has 3 nitrogen and oxygen atoms in total. The molecule has 92 valence electrons. The fourth-order valence-corrected chi connectivity index (χ4v) is 3.20. The predicted octanol–water partition coefficient (Wildman–Crippen LogP) is 1.56. The van der Waals surface area contributed by atoms with E-state index in [1.165, 1.54) is 12.2 Å². The van der Waals surface area contributed by atoms with Crippen LogP contribution in [0.5, 0.6) is 0 Å². The number of amides is 1. The lowest BCUT2D eigenvalue weighted by Crippen LogP contribution is -2.36. The number of nitrogens with two attached hydrogens (primary N) is 1. The van der Waals surface area contributed by atoms with Crippen molar-refractivity contribution >= 4 is 17.7 Å². The second-order valence-corrected chi connectivity index (χ2v) is 5.51. The Balaban J connectivity index is 1.83. The van der Waals surface area contributed by atoms with E-state index in [-0.39, 0.29) is 5.91 Å². The van der Waals surface area contributed by atoms with Gasteiger partial charge in [0.05, 0.1) is 0 Å². The molecule has 0 aliphatic carbocycles. The molecule has 1 amide bonds. The Kier molecular flexibility index (Phi) is 4.45. The summed E-state index contributed by atoms with van der Waals surface area (Å²) in [6.07, 6.45) is 1.20. The summed E-state index contributed by atoms with van der Waals surface area (Å²) in [5, 5.41) is 2.95. The highest BCUT2D eigenvalue weighted by Gasteiger charge is 2.19. The molecule has 4 heteroatoms. The molecule has 3 N–H and O–H groups in total. The van der Waals surface area contributed by atoms with Crippen molar-refractivity contribution in [2.45, 2.75) is 12.5 Å². The van der Waals surface area contributed by atoms with E-state index in [1.807, 2.05) is 42.1 Å². The molecule has 17 heavy (non-hydrogen) atoms. The van der Waals surface area contributed by atoms with Gasteiger partial charge in [0.2, 0.25) is 5.91 Å². The van der Waals surface area contributed by atoms with Crippen molar-refractivity contribution in [3.63, 3.8) is 0 Å². The number of benzene rings is 1. The zero-order chi connectivity index (χ0) is 12.1. The molecular weight excluding hydrogens is 232 g/mol.